The fraction of sp³-hybridized carbons (Fsp3) is 0.600. The Labute approximate surface area is 327 Å². The van der Waals surface area contributed by atoms with Crippen molar-refractivity contribution >= 4 is 96.6 Å². The molecule has 47 heavy (non-hydrogen) atoms. The summed E-state index contributed by atoms with van der Waals surface area (Å²) in [7, 11) is 0. The Bertz CT molecular complexity index is 727. The van der Waals surface area contributed by atoms with Crippen molar-refractivity contribution in [1.82, 2.24) is 19.6 Å². The van der Waals surface area contributed by atoms with E-state index in [2.05, 4.69) is 0 Å². The van der Waals surface area contributed by atoms with Crippen LogP contribution in [0.3, 0.4) is 0 Å². The molecular formula is C20H32BaCo2N4O20. The van der Waals surface area contributed by atoms with Gasteiger partial charge < -0.3 is 101 Å². The Hall–Kier alpha value is -1.98. The molecule has 0 aromatic rings. The summed E-state index contributed by atoms with van der Waals surface area (Å²) in [5.41, 5.74) is 0. The number of carbonyl (C=O) groups is 8. The number of carbonyl (C=O) groups excluding carboxylic acids is 8. The van der Waals surface area contributed by atoms with Gasteiger partial charge in [0, 0.05) is 78.5 Å². The van der Waals surface area contributed by atoms with Crippen LogP contribution in [0.4, 0.5) is 0 Å². The van der Waals surface area contributed by atoms with Crippen LogP contribution in [-0.4, -0.2) is 217 Å². The van der Waals surface area contributed by atoms with Gasteiger partial charge in [-0.3, -0.25) is 19.6 Å². The molecule has 27 heteroatoms. The minimum absolute atomic E-state index is 0. The fourth-order valence-electron chi connectivity index (χ4n) is 2.88. The van der Waals surface area contributed by atoms with Crippen LogP contribution in [0.15, 0.2) is 0 Å². The molecule has 0 saturated carbocycles. The maximum atomic E-state index is 10.4. The molecule has 0 radical (unpaired) electrons. The van der Waals surface area contributed by atoms with Gasteiger partial charge in [-0.25, -0.2) is 0 Å². The quantitative estimate of drug-likeness (QED) is 0.0910. The number of hydrogen-bond acceptors (Lipinski definition) is 20. The second-order valence-electron chi connectivity index (χ2n) is 7.82. The van der Waals surface area contributed by atoms with Gasteiger partial charge in [-0.1, -0.05) is 0 Å². The molecule has 0 spiro atoms. The van der Waals surface area contributed by atoms with Gasteiger partial charge in [0.05, 0.1) is 47.8 Å². The third kappa shape index (κ3) is 48.5. The zero-order chi connectivity index (χ0) is 31.4. The second-order valence-corrected chi connectivity index (χ2v) is 7.82. The van der Waals surface area contributed by atoms with E-state index in [4.69, 9.17) is 0 Å². The zero-order valence-corrected chi connectivity index (χ0v) is 30.7. The van der Waals surface area contributed by atoms with Crippen LogP contribution in [0, 0.1) is 0 Å². The van der Waals surface area contributed by atoms with Crippen LogP contribution in [0.1, 0.15) is 0 Å². The van der Waals surface area contributed by atoms with E-state index in [0.29, 0.717) is 0 Å². The van der Waals surface area contributed by atoms with E-state index in [1.165, 1.54) is 0 Å². The Balaban J connectivity index is -0.0000000764. The molecule has 0 atom stereocenters. The van der Waals surface area contributed by atoms with E-state index in [-0.39, 0.29) is 131 Å². The molecule has 272 valence electrons. The van der Waals surface area contributed by atoms with E-state index >= 15 is 0 Å². The third-order valence-corrected chi connectivity index (χ3v) is 4.29. The van der Waals surface area contributed by atoms with E-state index in [9.17, 15) is 79.2 Å². The van der Waals surface area contributed by atoms with Gasteiger partial charge in [-0.2, -0.15) is 0 Å². The van der Waals surface area contributed by atoms with E-state index in [0.717, 1.165) is 19.6 Å². The fourth-order valence-corrected chi connectivity index (χ4v) is 2.88. The Morgan fingerprint density at radius 3 is 0.447 bits per heavy atom. The molecule has 0 bridgehead atoms. The molecule has 0 amide bonds. The van der Waals surface area contributed by atoms with E-state index in [1.54, 1.807) is 0 Å². The molecule has 0 aliphatic rings. The largest absolute Gasteiger partial charge is 3.00 e. The molecule has 8 N–H and O–H groups in total. The molecule has 0 unspecified atom stereocenters. The molecule has 0 aromatic carbocycles. The summed E-state index contributed by atoms with van der Waals surface area (Å²) in [6.07, 6.45) is 0. The number of rotatable bonds is 22. The SMILES string of the molecule is O.O.O.O.O=C([O-])CN(CCN(CC(=O)[O-])CC(=O)[O-])CC(=O)[O-].O=C([O-])CN(CCN(CC(=O)[O-])CC(=O)[O-])CC(=O)[O-].[Ba+2].[Co+3].[Co+3]. The monoisotopic (exact) mass is 904 g/mol. The molecule has 0 saturated heterocycles. The minimum atomic E-state index is -1.53. The smallest absolute Gasteiger partial charge is 0.549 e. The first-order chi connectivity index (χ1) is 18.4. The third-order valence-electron chi connectivity index (χ3n) is 4.29. The number of nitrogens with zero attached hydrogens (tertiary/aromatic N) is 4. The molecule has 0 fully saturated rings. The topological polar surface area (TPSA) is 460 Å². The zero-order valence-electron chi connectivity index (χ0n) is 24.2. The average molecular weight is 904 g/mol. The summed E-state index contributed by atoms with van der Waals surface area (Å²) >= 11 is 0. The summed E-state index contributed by atoms with van der Waals surface area (Å²) in [6, 6.07) is 0. The van der Waals surface area contributed by atoms with Crippen LogP contribution in [0.5, 0.6) is 0 Å². The van der Waals surface area contributed by atoms with Gasteiger partial charge in [0.15, 0.2) is 0 Å². The summed E-state index contributed by atoms with van der Waals surface area (Å²) in [4.78, 5) is 86.8. The van der Waals surface area contributed by atoms with Crippen LogP contribution < -0.4 is 40.9 Å². The summed E-state index contributed by atoms with van der Waals surface area (Å²) in [6.45, 7) is -6.50. The Morgan fingerprint density at radius 2 is 0.383 bits per heavy atom. The first kappa shape index (κ1) is 67.2. The van der Waals surface area contributed by atoms with Gasteiger partial charge in [-0.15, -0.1) is 0 Å². The first-order valence-corrected chi connectivity index (χ1v) is 10.9. The van der Waals surface area contributed by atoms with Gasteiger partial charge in [0.25, 0.3) is 0 Å². The maximum Gasteiger partial charge on any atom is 3.00 e. The van der Waals surface area contributed by atoms with Crippen LogP contribution in [0.25, 0.3) is 0 Å². The van der Waals surface area contributed by atoms with Crippen molar-refractivity contribution in [3.05, 3.63) is 0 Å². The van der Waals surface area contributed by atoms with Crippen molar-refractivity contribution in [1.29, 1.82) is 0 Å². The number of carboxylic acids is 8. The maximum absolute atomic E-state index is 10.4. The number of hydrogen-bond donors (Lipinski definition) is 0. The van der Waals surface area contributed by atoms with Gasteiger partial charge in [-0.05, 0) is 0 Å². The second kappa shape index (κ2) is 38.5. The number of carboxylic acid groups (broad SMARTS) is 8. The van der Waals surface area contributed by atoms with Crippen LogP contribution >= 0.6 is 0 Å². The van der Waals surface area contributed by atoms with Crippen molar-refractivity contribution < 1.29 is 135 Å². The standard InChI is InChI=1S/2C10H16N2O8.Ba.2Co.4H2O/c2*13-7(14)3-11(4-8(15)16)1-2-12(5-9(17)18)6-10(19)20;;;;;;;/h2*1-6H2,(H,13,14)(H,15,16)(H,17,18)(H,19,20);;;;4*1H2/q;;+2;2*+3;;;;/p-8. The normalized spacial score (nSPS) is 9.11. The van der Waals surface area contributed by atoms with Crippen molar-refractivity contribution in [3.8, 4) is 0 Å². The van der Waals surface area contributed by atoms with Crippen molar-refractivity contribution in [2.45, 2.75) is 0 Å². The van der Waals surface area contributed by atoms with Crippen LogP contribution in [-0.2, 0) is 71.9 Å². The summed E-state index contributed by atoms with van der Waals surface area (Å²) in [5, 5.41) is 83.2. The molecule has 0 aromatic heterocycles. The van der Waals surface area contributed by atoms with Gasteiger partial charge >= 0.3 is 82.4 Å². The molecule has 0 aliphatic carbocycles. The van der Waals surface area contributed by atoms with Crippen molar-refractivity contribution in [2.24, 2.45) is 0 Å². The molecule has 0 heterocycles. The summed E-state index contributed by atoms with van der Waals surface area (Å²) in [5.74, 6) is -12.2. The van der Waals surface area contributed by atoms with Gasteiger partial charge in [0.1, 0.15) is 0 Å². The average Bonchev–Trinajstić information content (AvgIpc) is 2.72. The van der Waals surface area contributed by atoms with E-state index in [1.807, 2.05) is 0 Å². The van der Waals surface area contributed by atoms with Gasteiger partial charge in [0.2, 0.25) is 0 Å². The first-order valence-electron chi connectivity index (χ1n) is 10.9. The van der Waals surface area contributed by atoms with Crippen molar-refractivity contribution in [3.63, 3.8) is 0 Å². The molecule has 24 nitrogen and oxygen atoms in total. The van der Waals surface area contributed by atoms with Crippen LogP contribution in [0.2, 0.25) is 0 Å². The number of aliphatic carboxylic acids is 8. The Kier molecular flexibility index (Phi) is 55.0. The van der Waals surface area contributed by atoms with E-state index < -0.39 is 100 Å². The minimum Gasteiger partial charge on any atom is -0.549 e. The molecule has 0 aliphatic heterocycles. The molecule has 0 rings (SSSR count). The van der Waals surface area contributed by atoms with Crippen molar-refractivity contribution in [2.75, 3.05) is 78.5 Å². The summed E-state index contributed by atoms with van der Waals surface area (Å²) < 4.78 is 0. The molecular weight excluding hydrogens is 871 g/mol. The predicted molar refractivity (Wildman–Crippen MR) is 126 cm³/mol. The Morgan fingerprint density at radius 1 is 0.298 bits per heavy atom. The predicted octanol–water partition coefficient (Wildman–Crippen LogP) is -18.5.